The highest BCUT2D eigenvalue weighted by atomic mass is 35.5. The standard InChI is InChI=1S/C25H32ClN5O2S/c1-5-6-16-30(34(32,33)21-10-8-7-9-11-21)23-13-12-20(26)17-22(23)25-29-28-24(18(2)3)31(25)19(4)14-15-27/h7-13,15,17-19,27H,5-6,14,16H2,1-4H3. The Bertz CT molecular complexity index is 1230. The van der Waals surface area contributed by atoms with Gasteiger partial charge in [-0.25, -0.2) is 8.42 Å². The molecule has 1 aromatic heterocycles. The summed E-state index contributed by atoms with van der Waals surface area (Å²) in [6.07, 6.45) is 3.41. The molecule has 0 aliphatic rings. The Balaban J connectivity index is 2.27. The first-order chi connectivity index (χ1) is 16.2. The van der Waals surface area contributed by atoms with Crippen molar-refractivity contribution in [3.05, 3.63) is 59.4 Å². The van der Waals surface area contributed by atoms with Crippen LogP contribution in [0.25, 0.3) is 11.4 Å². The zero-order valence-electron chi connectivity index (χ0n) is 20.1. The van der Waals surface area contributed by atoms with Gasteiger partial charge in [0.15, 0.2) is 5.82 Å². The van der Waals surface area contributed by atoms with Crippen LogP contribution in [0.5, 0.6) is 0 Å². The first kappa shape index (κ1) is 25.9. The summed E-state index contributed by atoms with van der Waals surface area (Å²) in [5.41, 5.74) is 1.10. The van der Waals surface area contributed by atoms with E-state index in [1.165, 1.54) is 10.5 Å². The molecule has 3 rings (SSSR count). The highest BCUT2D eigenvalue weighted by molar-refractivity contribution is 7.92. The maximum absolute atomic E-state index is 13.8. The van der Waals surface area contributed by atoms with Crippen LogP contribution in [0, 0.1) is 5.41 Å². The van der Waals surface area contributed by atoms with Crippen LogP contribution in [-0.4, -0.2) is 35.9 Å². The van der Waals surface area contributed by atoms with Crippen molar-refractivity contribution < 1.29 is 8.42 Å². The second-order valence-electron chi connectivity index (χ2n) is 8.60. The molecule has 0 aliphatic carbocycles. The maximum Gasteiger partial charge on any atom is 0.264 e. The molecule has 0 saturated heterocycles. The highest BCUT2D eigenvalue weighted by Gasteiger charge is 2.29. The van der Waals surface area contributed by atoms with E-state index in [1.807, 2.05) is 32.3 Å². The van der Waals surface area contributed by atoms with Crippen molar-refractivity contribution in [2.45, 2.75) is 63.8 Å². The minimum atomic E-state index is -3.83. The fourth-order valence-corrected chi connectivity index (χ4v) is 5.60. The molecule has 0 amide bonds. The third kappa shape index (κ3) is 5.33. The van der Waals surface area contributed by atoms with Gasteiger partial charge in [0.05, 0.1) is 10.6 Å². The van der Waals surface area contributed by atoms with Crippen LogP contribution in [-0.2, 0) is 10.0 Å². The molecule has 1 N–H and O–H groups in total. The Kier molecular flexibility index (Phi) is 8.49. The number of unbranched alkanes of at least 4 members (excludes halogenated alkanes) is 1. The molecule has 2 aromatic carbocycles. The summed E-state index contributed by atoms with van der Waals surface area (Å²) in [5, 5.41) is 17.0. The first-order valence-electron chi connectivity index (χ1n) is 11.5. The number of hydrogen-bond donors (Lipinski definition) is 1. The monoisotopic (exact) mass is 501 g/mol. The van der Waals surface area contributed by atoms with Gasteiger partial charge in [-0.1, -0.05) is 57.0 Å². The van der Waals surface area contributed by atoms with Crippen molar-refractivity contribution in [1.29, 1.82) is 5.41 Å². The van der Waals surface area contributed by atoms with Crippen molar-refractivity contribution in [3.63, 3.8) is 0 Å². The molecule has 0 aliphatic heterocycles. The molecule has 34 heavy (non-hydrogen) atoms. The van der Waals surface area contributed by atoms with Crippen LogP contribution in [0.3, 0.4) is 0 Å². The van der Waals surface area contributed by atoms with Crippen LogP contribution in [0.4, 0.5) is 5.69 Å². The molecule has 182 valence electrons. The molecule has 0 fully saturated rings. The minimum Gasteiger partial charge on any atom is -0.313 e. The molecule has 1 unspecified atom stereocenters. The zero-order valence-corrected chi connectivity index (χ0v) is 21.6. The van der Waals surface area contributed by atoms with Crippen LogP contribution in [0.15, 0.2) is 53.4 Å². The minimum absolute atomic E-state index is 0.0819. The summed E-state index contributed by atoms with van der Waals surface area (Å²) in [6.45, 7) is 8.43. The number of halogens is 1. The van der Waals surface area contributed by atoms with Crippen molar-refractivity contribution >= 4 is 33.5 Å². The fraction of sp³-hybridized carbons (Fsp3) is 0.400. The van der Waals surface area contributed by atoms with E-state index < -0.39 is 10.0 Å². The smallest absolute Gasteiger partial charge is 0.264 e. The molecular formula is C25H32ClN5O2S. The molecule has 1 atom stereocenters. The van der Waals surface area contributed by atoms with Crippen LogP contribution < -0.4 is 4.31 Å². The van der Waals surface area contributed by atoms with Gasteiger partial charge < -0.3 is 9.98 Å². The third-order valence-electron chi connectivity index (χ3n) is 5.65. The second-order valence-corrected chi connectivity index (χ2v) is 10.9. The molecule has 0 radical (unpaired) electrons. The van der Waals surface area contributed by atoms with Gasteiger partial charge in [-0.05, 0) is 49.9 Å². The number of anilines is 1. The van der Waals surface area contributed by atoms with Crippen LogP contribution in [0.1, 0.15) is 64.7 Å². The molecule has 9 heteroatoms. The summed E-state index contributed by atoms with van der Waals surface area (Å²) in [6, 6.07) is 13.6. The molecule has 0 saturated carbocycles. The average molecular weight is 502 g/mol. The van der Waals surface area contributed by atoms with Gasteiger partial charge in [-0.3, -0.25) is 4.31 Å². The summed E-state index contributed by atoms with van der Waals surface area (Å²) < 4.78 is 31.0. The molecular weight excluding hydrogens is 470 g/mol. The van der Waals surface area contributed by atoms with Crippen molar-refractivity contribution in [1.82, 2.24) is 14.8 Å². The number of aromatic nitrogens is 3. The molecule has 0 bridgehead atoms. The van der Waals surface area contributed by atoms with Gasteiger partial charge in [0.25, 0.3) is 10.0 Å². The summed E-state index contributed by atoms with van der Waals surface area (Å²) in [7, 11) is -3.83. The maximum atomic E-state index is 13.8. The first-order valence-corrected chi connectivity index (χ1v) is 13.4. The van der Waals surface area contributed by atoms with Gasteiger partial charge in [0, 0.05) is 35.5 Å². The van der Waals surface area contributed by atoms with E-state index in [1.54, 1.807) is 48.5 Å². The normalized spacial score (nSPS) is 12.6. The largest absolute Gasteiger partial charge is 0.313 e. The van der Waals surface area contributed by atoms with E-state index in [9.17, 15) is 8.42 Å². The number of benzene rings is 2. The number of hydrogen-bond acceptors (Lipinski definition) is 5. The number of rotatable bonds is 11. The predicted octanol–water partition coefficient (Wildman–Crippen LogP) is 6.32. The van der Waals surface area contributed by atoms with Gasteiger partial charge in [0.2, 0.25) is 0 Å². The number of nitrogens with zero attached hydrogens (tertiary/aromatic N) is 4. The summed E-state index contributed by atoms with van der Waals surface area (Å²) >= 11 is 6.41. The highest BCUT2D eigenvalue weighted by Crippen LogP contribution is 2.38. The lowest BCUT2D eigenvalue weighted by Gasteiger charge is -2.27. The summed E-state index contributed by atoms with van der Waals surface area (Å²) in [5.74, 6) is 1.42. The van der Waals surface area contributed by atoms with E-state index >= 15 is 0 Å². The lowest BCUT2D eigenvalue weighted by Crippen LogP contribution is -2.32. The Morgan fingerprint density at radius 3 is 2.44 bits per heavy atom. The average Bonchev–Trinajstić information content (AvgIpc) is 3.26. The Morgan fingerprint density at radius 2 is 1.82 bits per heavy atom. The topological polar surface area (TPSA) is 91.9 Å². The fourth-order valence-electron chi connectivity index (χ4n) is 3.89. The third-order valence-corrected chi connectivity index (χ3v) is 7.72. The predicted molar refractivity (Wildman–Crippen MR) is 139 cm³/mol. The van der Waals surface area contributed by atoms with Gasteiger partial charge in [-0.2, -0.15) is 0 Å². The molecule has 3 aromatic rings. The number of sulfonamides is 1. The quantitative estimate of drug-likeness (QED) is 0.311. The molecule has 7 nitrogen and oxygen atoms in total. The molecule has 1 heterocycles. The van der Waals surface area contributed by atoms with Crippen molar-refractivity contribution in [3.8, 4) is 11.4 Å². The van der Waals surface area contributed by atoms with Crippen molar-refractivity contribution in [2.75, 3.05) is 10.8 Å². The van der Waals surface area contributed by atoms with Crippen LogP contribution >= 0.6 is 11.6 Å². The van der Waals surface area contributed by atoms with Crippen molar-refractivity contribution in [2.24, 2.45) is 0 Å². The van der Waals surface area contributed by atoms with E-state index in [0.29, 0.717) is 41.5 Å². The lowest BCUT2D eigenvalue weighted by molar-refractivity contribution is 0.532. The lowest BCUT2D eigenvalue weighted by atomic mass is 10.1. The summed E-state index contributed by atoms with van der Waals surface area (Å²) in [4.78, 5) is 0.230. The van der Waals surface area contributed by atoms with E-state index in [4.69, 9.17) is 17.0 Å². The van der Waals surface area contributed by atoms with Gasteiger partial charge in [-0.15, -0.1) is 10.2 Å². The Morgan fingerprint density at radius 1 is 1.12 bits per heavy atom. The van der Waals surface area contributed by atoms with E-state index in [2.05, 4.69) is 10.2 Å². The van der Waals surface area contributed by atoms with E-state index in [-0.39, 0.29) is 16.9 Å². The molecule has 0 spiro atoms. The van der Waals surface area contributed by atoms with Crippen LogP contribution in [0.2, 0.25) is 5.02 Å². The second kappa shape index (κ2) is 11.1. The van der Waals surface area contributed by atoms with Gasteiger partial charge in [0.1, 0.15) is 5.82 Å². The van der Waals surface area contributed by atoms with E-state index in [0.717, 1.165) is 12.2 Å². The zero-order chi connectivity index (χ0) is 24.9. The Hall–Kier alpha value is -2.71. The SMILES string of the molecule is CCCCN(c1ccc(Cl)cc1-c1nnc(C(C)C)n1C(C)CC=N)S(=O)(=O)c1ccccc1. The van der Waals surface area contributed by atoms with Gasteiger partial charge >= 0.3 is 0 Å². The number of nitrogens with one attached hydrogen (secondary N) is 1. The Labute approximate surface area is 207 Å².